The summed E-state index contributed by atoms with van der Waals surface area (Å²) < 4.78 is 38.7. The zero-order valence-corrected chi connectivity index (χ0v) is 22.5. The van der Waals surface area contributed by atoms with E-state index < -0.39 is 11.6 Å². The van der Waals surface area contributed by atoms with Crippen LogP contribution in [0.15, 0.2) is 67.1 Å². The number of benzene rings is 2. The molecule has 0 aliphatic carbocycles. The molecular formula is C30H30F2N8O. The highest BCUT2D eigenvalue weighted by Crippen LogP contribution is 2.31. The highest BCUT2D eigenvalue weighted by Gasteiger charge is 2.28. The van der Waals surface area contributed by atoms with Crippen LogP contribution in [0.5, 0.6) is 0 Å². The third kappa shape index (κ3) is 5.07. The van der Waals surface area contributed by atoms with Crippen LogP contribution in [-0.2, 0) is 4.74 Å². The summed E-state index contributed by atoms with van der Waals surface area (Å²) in [7, 11) is 0. The number of anilines is 2. The van der Waals surface area contributed by atoms with E-state index in [0.29, 0.717) is 23.4 Å². The average Bonchev–Trinajstić information content (AvgIpc) is 3.66. The van der Waals surface area contributed by atoms with E-state index in [-0.39, 0.29) is 17.3 Å². The van der Waals surface area contributed by atoms with Crippen LogP contribution >= 0.6 is 0 Å². The van der Waals surface area contributed by atoms with Crippen molar-refractivity contribution in [3.63, 3.8) is 0 Å². The van der Waals surface area contributed by atoms with Crippen molar-refractivity contribution in [1.29, 1.82) is 0 Å². The molecule has 0 atom stereocenters. The van der Waals surface area contributed by atoms with Gasteiger partial charge >= 0.3 is 0 Å². The molecule has 0 unspecified atom stereocenters. The number of hydrogen-bond acceptors (Lipinski definition) is 7. The Morgan fingerprint density at radius 3 is 2.32 bits per heavy atom. The molecule has 5 aromatic rings. The summed E-state index contributed by atoms with van der Waals surface area (Å²) in [6, 6.07) is 14.3. The van der Waals surface area contributed by atoms with Gasteiger partial charge in [-0.15, -0.1) is 0 Å². The zero-order valence-electron chi connectivity index (χ0n) is 22.5. The molecule has 5 heterocycles. The molecule has 1 N–H and O–H groups in total. The van der Waals surface area contributed by atoms with Crippen molar-refractivity contribution in [2.24, 2.45) is 0 Å². The number of rotatable bonds is 6. The molecule has 0 spiro atoms. The normalized spacial score (nSPS) is 17.3. The fraction of sp³-hybridized carbons (Fsp3) is 0.333. The molecule has 2 aliphatic rings. The van der Waals surface area contributed by atoms with E-state index in [1.165, 1.54) is 18.2 Å². The smallest absolute Gasteiger partial charge is 0.232 e. The Hall–Kier alpha value is -4.22. The molecule has 0 saturated carbocycles. The molecule has 9 nitrogen and oxygen atoms in total. The van der Waals surface area contributed by atoms with Crippen molar-refractivity contribution in [2.45, 2.75) is 37.8 Å². The van der Waals surface area contributed by atoms with Crippen LogP contribution in [0.2, 0.25) is 0 Å². The molecule has 11 heteroatoms. The van der Waals surface area contributed by atoms with Gasteiger partial charge < -0.3 is 15.0 Å². The van der Waals surface area contributed by atoms with Gasteiger partial charge in [0.15, 0.2) is 11.5 Å². The number of aromatic nitrogens is 6. The number of ether oxygens (including phenoxy) is 1. The summed E-state index contributed by atoms with van der Waals surface area (Å²) in [6.07, 6.45) is 9.62. The summed E-state index contributed by atoms with van der Waals surface area (Å²) in [5, 5.41) is 12.4. The summed E-state index contributed by atoms with van der Waals surface area (Å²) in [4.78, 5) is 11.7. The number of nitrogens with zero attached hydrogens (tertiary/aromatic N) is 7. The third-order valence-corrected chi connectivity index (χ3v) is 8.08. The van der Waals surface area contributed by atoms with Gasteiger partial charge in [-0.3, -0.25) is 4.68 Å². The maximum absolute atomic E-state index is 14.8. The first-order valence-electron chi connectivity index (χ1n) is 14.0. The topological polar surface area (TPSA) is 85.4 Å². The molecule has 7 rings (SSSR count). The van der Waals surface area contributed by atoms with Gasteiger partial charge in [0.25, 0.3) is 0 Å². The average molecular weight is 557 g/mol. The number of piperidine rings is 1. The lowest BCUT2D eigenvalue weighted by Crippen LogP contribution is -2.44. The van der Waals surface area contributed by atoms with Crippen LogP contribution in [0.1, 0.15) is 31.7 Å². The molecule has 0 bridgehead atoms. The van der Waals surface area contributed by atoms with Crippen molar-refractivity contribution in [1.82, 2.24) is 34.3 Å². The number of nitrogens with one attached hydrogen (secondary N) is 1. The monoisotopic (exact) mass is 556 g/mol. The van der Waals surface area contributed by atoms with E-state index in [1.807, 2.05) is 41.2 Å². The molecule has 2 aliphatic heterocycles. The summed E-state index contributed by atoms with van der Waals surface area (Å²) in [5.41, 5.74) is 2.45. The molecule has 3 aromatic heterocycles. The van der Waals surface area contributed by atoms with Gasteiger partial charge in [0.05, 0.1) is 29.7 Å². The van der Waals surface area contributed by atoms with E-state index in [1.54, 1.807) is 16.9 Å². The van der Waals surface area contributed by atoms with E-state index in [0.717, 1.165) is 63.1 Å². The predicted molar refractivity (Wildman–Crippen MR) is 151 cm³/mol. The van der Waals surface area contributed by atoms with Crippen LogP contribution in [-0.4, -0.2) is 66.6 Å². The Bertz CT molecular complexity index is 1640. The van der Waals surface area contributed by atoms with E-state index >= 15 is 0 Å². The third-order valence-electron chi connectivity index (χ3n) is 8.08. The van der Waals surface area contributed by atoms with Gasteiger partial charge in [-0.2, -0.15) is 19.7 Å². The predicted octanol–water partition coefficient (Wildman–Crippen LogP) is 5.49. The van der Waals surface area contributed by atoms with Crippen LogP contribution in [0.4, 0.5) is 20.4 Å². The molecule has 210 valence electrons. The second-order valence-corrected chi connectivity index (χ2v) is 10.6. The van der Waals surface area contributed by atoms with Crippen molar-refractivity contribution >= 4 is 17.3 Å². The Morgan fingerprint density at radius 1 is 0.805 bits per heavy atom. The van der Waals surface area contributed by atoms with Crippen molar-refractivity contribution < 1.29 is 13.5 Å². The Balaban J connectivity index is 1.19. The summed E-state index contributed by atoms with van der Waals surface area (Å²) >= 11 is 0. The second kappa shape index (κ2) is 11.0. The first-order valence-corrected chi connectivity index (χ1v) is 14.0. The largest absolute Gasteiger partial charge is 0.381 e. The van der Waals surface area contributed by atoms with E-state index in [4.69, 9.17) is 4.74 Å². The lowest BCUT2D eigenvalue weighted by Gasteiger charge is -2.39. The standard InChI is InChI=1S/C30H30F2N8O/c31-25-7-4-8-26(32)27(25)28-36-29-24(20-5-2-1-3-6-20)18-34-40(29)30(37-28)35-21-17-33-39(19-21)23-9-13-38(14-10-23)22-11-15-41-16-12-22/h1-8,17-19,22-23H,9-16H2,(H,35,36,37). The van der Waals surface area contributed by atoms with Crippen LogP contribution in [0, 0.1) is 11.6 Å². The van der Waals surface area contributed by atoms with Gasteiger partial charge in [0.2, 0.25) is 5.95 Å². The molecule has 2 aromatic carbocycles. The SMILES string of the molecule is Fc1cccc(F)c1-c1nc(Nc2cnn(C3CCN(C4CCOCC4)CC3)c2)n2ncc(-c3ccccc3)c2n1. The van der Waals surface area contributed by atoms with Crippen LogP contribution in [0.3, 0.4) is 0 Å². The number of likely N-dealkylation sites (tertiary alicyclic amines) is 1. The first kappa shape index (κ1) is 25.7. The first-order chi connectivity index (χ1) is 20.1. The fourth-order valence-corrected chi connectivity index (χ4v) is 5.90. The van der Waals surface area contributed by atoms with Gasteiger partial charge in [0.1, 0.15) is 11.6 Å². The lowest BCUT2D eigenvalue weighted by molar-refractivity contribution is 0.0212. The molecule has 2 fully saturated rings. The van der Waals surface area contributed by atoms with Gasteiger partial charge in [-0.1, -0.05) is 36.4 Å². The van der Waals surface area contributed by atoms with Crippen molar-refractivity contribution in [2.75, 3.05) is 31.6 Å². The second-order valence-electron chi connectivity index (χ2n) is 10.6. The maximum Gasteiger partial charge on any atom is 0.232 e. The van der Waals surface area contributed by atoms with E-state index in [9.17, 15) is 8.78 Å². The zero-order chi connectivity index (χ0) is 27.8. The fourth-order valence-electron chi connectivity index (χ4n) is 5.90. The van der Waals surface area contributed by atoms with Gasteiger partial charge in [0, 0.05) is 44.1 Å². The van der Waals surface area contributed by atoms with Crippen molar-refractivity contribution in [3.05, 3.63) is 78.8 Å². The van der Waals surface area contributed by atoms with Crippen LogP contribution in [0.25, 0.3) is 28.2 Å². The Morgan fingerprint density at radius 2 is 1.56 bits per heavy atom. The van der Waals surface area contributed by atoms with Crippen LogP contribution < -0.4 is 5.32 Å². The number of hydrogen-bond donors (Lipinski definition) is 1. The summed E-state index contributed by atoms with van der Waals surface area (Å²) in [6.45, 7) is 3.78. The molecule has 41 heavy (non-hydrogen) atoms. The molecule has 2 saturated heterocycles. The van der Waals surface area contributed by atoms with E-state index in [2.05, 4.69) is 30.4 Å². The number of halogens is 2. The highest BCUT2D eigenvalue weighted by molar-refractivity contribution is 5.79. The molecule has 0 amide bonds. The quantitative estimate of drug-likeness (QED) is 0.296. The lowest BCUT2D eigenvalue weighted by atomic mass is 10.00. The molecular weight excluding hydrogens is 526 g/mol. The Labute approximate surface area is 235 Å². The highest BCUT2D eigenvalue weighted by atomic mass is 19.1. The molecule has 0 radical (unpaired) electrons. The minimum absolute atomic E-state index is 0.0684. The minimum Gasteiger partial charge on any atom is -0.381 e. The van der Waals surface area contributed by atoms with Gasteiger partial charge in [-0.25, -0.2) is 13.8 Å². The van der Waals surface area contributed by atoms with Crippen molar-refractivity contribution in [3.8, 4) is 22.5 Å². The van der Waals surface area contributed by atoms with Gasteiger partial charge in [-0.05, 0) is 43.4 Å². The number of fused-ring (bicyclic) bond motifs is 1. The Kier molecular flexibility index (Phi) is 6.89. The minimum atomic E-state index is -0.735. The summed E-state index contributed by atoms with van der Waals surface area (Å²) in [5.74, 6) is -1.26. The maximum atomic E-state index is 14.8.